The SMILES string of the molecule is COc1ccc(CN)c(N2CCCC3(C2)OCCO3)c1. The predicted octanol–water partition coefficient (Wildman–Crippen LogP) is 1.50. The van der Waals surface area contributed by atoms with Crippen LogP contribution in [0.1, 0.15) is 18.4 Å². The lowest BCUT2D eigenvalue weighted by molar-refractivity contribution is -0.161. The summed E-state index contributed by atoms with van der Waals surface area (Å²) in [6.45, 7) is 3.65. The number of methoxy groups -OCH3 is 1. The molecule has 2 saturated heterocycles. The lowest BCUT2D eigenvalue weighted by Crippen LogP contribution is -2.49. The van der Waals surface area contributed by atoms with Crippen LogP contribution in [-0.2, 0) is 16.0 Å². The normalized spacial score (nSPS) is 21.4. The molecule has 1 spiro atoms. The number of hydrogen-bond acceptors (Lipinski definition) is 5. The third kappa shape index (κ3) is 2.49. The van der Waals surface area contributed by atoms with Gasteiger partial charge < -0.3 is 24.8 Å². The minimum atomic E-state index is -0.423. The van der Waals surface area contributed by atoms with Gasteiger partial charge in [-0.25, -0.2) is 0 Å². The molecule has 2 N–H and O–H groups in total. The van der Waals surface area contributed by atoms with E-state index in [1.165, 1.54) is 0 Å². The highest BCUT2D eigenvalue weighted by molar-refractivity contribution is 5.58. The summed E-state index contributed by atoms with van der Waals surface area (Å²) in [5.41, 5.74) is 8.12. The van der Waals surface area contributed by atoms with Crippen molar-refractivity contribution in [1.29, 1.82) is 0 Å². The van der Waals surface area contributed by atoms with E-state index >= 15 is 0 Å². The molecular formula is C15H22N2O3. The second-order valence-electron chi connectivity index (χ2n) is 5.33. The van der Waals surface area contributed by atoms with E-state index < -0.39 is 5.79 Å². The van der Waals surface area contributed by atoms with Crippen molar-refractivity contribution >= 4 is 5.69 Å². The fourth-order valence-corrected chi connectivity index (χ4v) is 3.06. The zero-order chi connectivity index (χ0) is 14.0. The number of nitrogens with two attached hydrogens (primary N) is 1. The third-order valence-electron chi connectivity index (χ3n) is 4.08. The molecule has 20 heavy (non-hydrogen) atoms. The van der Waals surface area contributed by atoms with E-state index in [4.69, 9.17) is 19.9 Å². The monoisotopic (exact) mass is 278 g/mol. The molecule has 2 heterocycles. The van der Waals surface area contributed by atoms with Gasteiger partial charge in [0.2, 0.25) is 0 Å². The first-order valence-electron chi connectivity index (χ1n) is 7.16. The van der Waals surface area contributed by atoms with E-state index in [2.05, 4.69) is 11.0 Å². The van der Waals surface area contributed by atoms with Crippen LogP contribution in [0.5, 0.6) is 5.75 Å². The van der Waals surface area contributed by atoms with E-state index in [-0.39, 0.29) is 0 Å². The standard InChI is InChI=1S/C15H22N2O3/c1-18-13-4-3-12(10-16)14(9-13)17-6-2-5-15(11-17)19-7-8-20-15/h3-4,9H,2,5-8,10-11,16H2,1H3. The van der Waals surface area contributed by atoms with Gasteiger partial charge in [0.05, 0.1) is 26.9 Å². The third-order valence-corrected chi connectivity index (χ3v) is 4.08. The predicted molar refractivity (Wildman–Crippen MR) is 77.0 cm³/mol. The molecule has 1 aromatic carbocycles. The molecule has 0 radical (unpaired) electrons. The molecule has 0 aliphatic carbocycles. The lowest BCUT2D eigenvalue weighted by Gasteiger charge is -2.40. The molecule has 1 aromatic rings. The first-order valence-corrected chi connectivity index (χ1v) is 7.16. The zero-order valence-electron chi connectivity index (χ0n) is 11.9. The molecule has 0 bridgehead atoms. The van der Waals surface area contributed by atoms with E-state index in [1.54, 1.807) is 7.11 Å². The first kappa shape index (κ1) is 13.7. The number of rotatable bonds is 3. The van der Waals surface area contributed by atoms with Crippen LogP contribution in [0, 0.1) is 0 Å². The molecular weight excluding hydrogens is 256 g/mol. The topological polar surface area (TPSA) is 57.0 Å². The second-order valence-corrected chi connectivity index (χ2v) is 5.33. The Morgan fingerprint density at radius 3 is 2.85 bits per heavy atom. The number of ether oxygens (including phenoxy) is 3. The van der Waals surface area contributed by atoms with Gasteiger partial charge in [0.1, 0.15) is 5.75 Å². The van der Waals surface area contributed by atoms with Crippen LogP contribution in [0.15, 0.2) is 18.2 Å². The largest absolute Gasteiger partial charge is 0.497 e. The molecule has 2 fully saturated rings. The second kappa shape index (κ2) is 5.60. The highest BCUT2D eigenvalue weighted by Crippen LogP contribution is 2.35. The van der Waals surface area contributed by atoms with Crippen molar-refractivity contribution in [2.45, 2.75) is 25.2 Å². The van der Waals surface area contributed by atoms with Crippen molar-refractivity contribution in [2.75, 3.05) is 38.3 Å². The smallest absolute Gasteiger partial charge is 0.186 e. The Hall–Kier alpha value is -1.30. The number of piperidine rings is 1. The minimum Gasteiger partial charge on any atom is -0.497 e. The highest BCUT2D eigenvalue weighted by Gasteiger charge is 2.41. The van der Waals surface area contributed by atoms with Crippen molar-refractivity contribution < 1.29 is 14.2 Å². The van der Waals surface area contributed by atoms with Crippen LogP contribution in [0.2, 0.25) is 0 Å². The van der Waals surface area contributed by atoms with Crippen LogP contribution in [0.3, 0.4) is 0 Å². The summed E-state index contributed by atoms with van der Waals surface area (Å²) in [6.07, 6.45) is 2.02. The summed E-state index contributed by atoms with van der Waals surface area (Å²) in [5, 5.41) is 0. The summed E-state index contributed by atoms with van der Waals surface area (Å²) in [6, 6.07) is 6.04. The average Bonchev–Trinajstić information content (AvgIpc) is 2.94. The summed E-state index contributed by atoms with van der Waals surface area (Å²) in [4.78, 5) is 2.31. The number of nitrogens with zero attached hydrogens (tertiary/aromatic N) is 1. The van der Waals surface area contributed by atoms with Gasteiger partial charge >= 0.3 is 0 Å². The number of hydrogen-bond donors (Lipinski definition) is 1. The molecule has 5 heteroatoms. The fourth-order valence-electron chi connectivity index (χ4n) is 3.06. The molecule has 0 saturated carbocycles. The van der Waals surface area contributed by atoms with Crippen LogP contribution in [0.25, 0.3) is 0 Å². The molecule has 5 nitrogen and oxygen atoms in total. The van der Waals surface area contributed by atoms with Crippen molar-refractivity contribution in [3.05, 3.63) is 23.8 Å². The molecule has 0 unspecified atom stereocenters. The van der Waals surface area contributed by atoms with Gasteiger partial charge in [0.15, 0.2) is 5.79 Å². The van der Waals surface area contributed by atoms with E-state index in [0.717, 1.165) is 42.9 Å². The summed E-state index contributed by atoms with van der Waals surface area (Å²) >= 11 is 0. The van der Waals surface area contributed by atoms with Crippen LogP contribution < -0.4 is 15.4 Å². The average molecular weight is 278 g/mol. The Balaban J connectivity index is 1.87. The maximum atomic E-state index is 5.86. The van der Waals surface area contributed by atoms with E-state index in [9.17, 15) is 0 Å². The van der Waals surface area contributed by atoms with E-state index in [0.29, 0.717) is 19.8 Å². The van der Waals surface area contributed by atoms with E-state index in [1.807, 2.05) is 12.1 Å². The van der Waals surface area contributed by atoms with Gasteiger partial charge in [-0.1, -0.05) is 6.07 Å². The van der Waals surface area contributed by atoms with Gasteiger partial charge in [-0.15, -0.1) is 0 Å². The van der Waals surface area contributed by atoms with Crippen LogP contribution in [-0.4, -0.2) is 39.2 Å². The summed E-state index contributed by atoms with van der Waals surface area (Å²) in [7, 11) is 1.68. The van der Waals surface area contributed by atoms with Crippen LogP contribution >= 0.6 is 0 Å². The Morgan fingerprint density at radius 2 is 2.15 bits per heavy atom. The van der Waals surface area contributed by atoms with Gasteiger partial charge in [0, 0.05) is 31.3 Å². The quantitative estimate of drug-likeness (QED) is 0.908. The maximum absolute atomic E-state index is 5.86. The van der Waals surface area contributed by atoms with Gasteiger partial charge in [-0.2, -0.15) is 0 Å². The molecule has 2 aliphatic rings. The maximum Gasteiger partial charge on any atom is 0.186 e. The Morgan fingerprint density at radius 1 is 1.35 bits per heavy atom. The molecule has 0 aromatic heterocycles. The Bertz CT molecular complexity index is 472. The molecule has 2 aliphatic heterocycles. The molecule has 3 rings (SSSR count). The van der Waals surface area contributed by atoms with Gasteiger partial charge in [-0.3, -0.25) is 0 Å². The molecule has 0 atom stereocenters. The Labute approximate surface area is 119 Å². The lowest BCUT2D eigenvalue weighted by atomic mass is 10.0. The minimum absolute atomic E-state index is 0.423. The van der Waals surface area contributed by atoms with Crippen LogP contribution in [0.4, 0.5) is 5.69 Å². The Kier molecular flexibility index (Phi) is 3.83. The van der Waals surface area contributed by atoms with Crippen molar-refractivity contribution in [2.24, 2.45) is 5.73 Å². The summed E-state index contributed by atoms with van der Waals surface area (Å²) in [5.74, 6) is 0.429. The first-order chi connectivity index (χ1) is 9.76. The van der Waals surface area contributed by atoms with Crippen molar-refractivity contribution in [1.82, 2.24) is 0 Å². The zero-order valence-corrected chi connectivity index (χ0v) is 11.9. The molecule has 110 valence electrons. The van der Waals surface area contributed by atoms with Gasteiger partial charge in [-0.05, 0) is 18.1 Å². The highest BCUT2D eigenvalue weighted by atomic mass is 16.7. The number of anilines is 1. The molecule has 0 amide bonds. The fraction of sp³-hybridized carbons (Fsp3) is 0.600. The van der Waals surface area contributed by atoms with Gasteiger partial charge in [0.25, 0.3) is 0 Å². The number of benzene rings is 1. The van der Waals surface area contributed by atoms with Crippen molar-refractivity contribution in [3.63, 3.8) is 0 Å². The summed E-state index contributed by atoms with van der Waals surface area (Å²) < 4.78 is 17.0. The van der Waals surface area contributed by atoms with Crippen molar-refractivity contribution in [3.8, 4) is 5.75 Å².